The van der Waals surface area contributed by atoms with E-state index in [1.54, 1.807) is 0 Å². The molecule has 0 amide bonds. The second-order valence-corrected chi connectivity index (χ2v) is 5.13. The Labute approximate surface area is 114 Å². The highest BCUT2D eigenvalue weighted by molar-refractivity contribution is 5.68. The van der Waals surface area contributed by atoms with Crippen molar-refractivity contribution in [2.75, 3.05) is 5.73 Å². The molecule has 1 aromatic heterocycles. The number of hydrogen-bond donors (Lipinski definition) is 1. The van der Waals surface area contributed by atoms with Crippen molar-refractivity contribution in [3.63, 3.8) is 0 Å². The molecule has 0 bridgehead atoms. The third kappa shape index (κ3) is 2.92. The molecule has 0 aliphatic rings. The minimum atomic E-state index is 0.590. The lowest BCUT2D eigenvalue weighted by Crippen LogP contribution is -2.05. The molecular formula is C16H21N3. The van der Waals surface area contributed by atoms with Gasteiger partial charge in [0, 0.05) is 17.5 Å². The second-order valence-electron chi connectivity index (χ2n) is 5.13. The van der Waals surface area contributed by atoms with Crippen LogP contribution in [0.4, 0.5) is 5.82 Å². The van der Waals surface area contributed by atoms with Crippen molar-refractivity contribution < 1.29 is 0 Å². The van der Waals surface area contributed by atoms with Crippen LogP contribution in [0.5, 0.6) is 0 Å². The molecule has 2 N–H and O–H groups in total. The number of aryl methyl sites for hydroxylation is 3. The number of hydrogen-bond acceptors (Lipinski definition) is 3. The quantitative estimate of drug-likeness (QED) is 0.911. The van der Waals surface area contributed by atoms with E-state index < -0.39 is 0 Å². The van der Waals surface area contributed by atoms with E-state index in [4.69, 9.17) is 5.73 Å². The summed E-state index contributed by atoms with van der Waals surface area (Å²) in [6, 6.07) is 6.46. The van der Waals surface area contributed by atoms with Gasteiger partial charge in [0.2, 0.25) is 0 Å². The predicted octanol–water partition coefficient (Wildman–Crippen LogP) is 3.60. The highest BCUT2D eigenvalue weighted by Crippen LogP contribution is 2.26. The third-order valence-corrected chi connectivity index (χ3v) is 3.20. The Morgan fingerprint density at radius 1 is 1.00 bits per heavy atom. The standard InChI is InChI=1S/C16H21N3/c1-5-6-14-18-15(12(4)16(17)19-14)13-8-10(2)7-11(3)9-13/h7-9H,5-6H2,1-4H3,(H2,17,18,19). The number of nitrogen functional groups attached to an aromatic ring is 1. The molecule has 3 nitrogen and oxygen atoms in total. The van der Waals surface area contributed by atoms with E-state index in [9.17, 15) is 0 Å². The van der Waals surface area contributed by atoms with Crippen molar-refractivity contribution in [1.82, 2.24) is 9.97 Å². The zero-order chi connectivity index (χ0) is 14.0. The molecule has 3 heteroatoms. The molecule has 2 rings (SSSR count). The summed E-state index contributed by atoms with van der Waals surface area (Å²) < 4.78 is 0. The summed E-state index contributed by atoms with van der Waals surface area (Å²) in [7, 11) is 0. The molecule has 0 atom stereocenters. The van der Waals surface area contributed by atoms with Gasteiger partial charge in [-0.05, 0) is 39.3 Å². The lowest BCUT2D eigenvalue weighted by Gasteiger charge is -2.11. The maximum absolute atomic E-state index is 6.01. The van der Waals surface area contributed by atoms with Gasteiger partial charge in [0.05, 0.1) is 5.69 Å². The number of aromatic nitrogens is 2. The zero-order valence-corrected chi connectivity index (χ0v) is 12.1. The molecule has 1 aromatic carbocycles. The van der Waals surface area contributed by atoms with Gasteiger partial charge in [-0.25, -0.2) is 9.97 Å². The van der Waals surface area contributed by atoms with Crippen molar-refractivity contribution >= 4 is 5.82 Å². The minimum Gasteiger partial charge on any atom is -0.383 e. The van der Waals surface area contributed by atoms with Crippen LogP contribution in [0.15, 0.2) is 18.2 Å². The van der Waals surface area contributed by atoms with Gasteiger partial charge in [0.25, 0.3) is 0 Å². The first-order valence-electron chi connectivity index (χ1n) is 6.73. The average Bonchev–Trinajstić information content (AvgIpc) is 2.32. The smallest absolute Gasteiger partial charge is 0.131 e. The lowest BCUT2D eigenvalue weighted by molar-refractivity contribution is 0.836. The van der Waals surface area contributed by atoms with Crippen molar-refractivity contribution in [1.29, 1.82) is 0 Å². The topological polar surface area (TPSA) is 51.8 Å². The van der Waals surface area contributed by atoms with E-state index in [2.05, 4.69) is 48.9 Å². The first kappa shape index (κ1) is 13.5. The lowest BCUT2D eigenvalue weighted by atomic mass is 10.0. The first-order valence-corrected chi connectivity index (χ1v) is 6.73. The van der Waals surface area contributed by atoms with Crippen LogP contribution >= 0.6 is 0 Å². The summed E-state index contributed by atoms with van der Waals surface area (Å²) in [6.45, 7) is 8.31. The maximum atomic E-state index is 6.01. The third-order valence-electron chi connectivity index (χ3n) is 3.20. The number of nitrogens with zero attached hydrogens (tertiary/aromatic N) is 2. The van der Waals surface area contributed by atoms with Gasteiger partial charge in [-0.1, -0.05) is 24.1 Å². The summed E-state index contributed by atoms with van der Waals surface area (Å²) in [5, 5.41) is 0. The van der Waals surface area contributed by atoms with Gasteiger partial charge in [0.1, 0.15) is 11.6 Å². The SMILES string of the molecule is CCCc1nc(N)c(C)c(-c2cc(C)cc(C)c2)n1. The zero-order valence-electron chi connectivity index (χ0n) is 12.1. The Morgan fingerprint density at radius 2 is 1.63 bits per heavy atom. The maximum Gasteiger partial charge on any atom is 0.131 e. The van der Waals surface area contributed by atoms with Crippen LogP contribution in [0.1, 0.15) is 35.9 Å². The molecule has 2 aromatic rings. The highest BCUT2D eigenvalue weighted by atomic mass is 15.0. The van der Waals surface area contributed by atoms with Gasteiger partial charge in [-0.15, -0.1) is 0 Å². The van der Waals surface area contributed by atoms with E-state index in [1.165, 1.54) is 11.1 Å². The summed E-state index contributed by atoms with van der Waals surface area (Å²) in [6.07, 6.45) is 1.89. The van der Waals surface area contributed by atoms with Crippen LogP contribution in [-0.4, -0.2) is 9.97 Å². The summed E-state index contributed by atoms with van der Waals surface area (Å²) >= 11 is 0. The number of rotatable bonds is 3. The minimum absolute atomic E-state index is 0.590. The van der Waals surface area contributed by atoms with E-state index >= 15 is 0 Å². The Balaban J connectivity index is 2.59. The molecule has 0 aliphatic heterocycles. The van der Waals surface area contributed by atoms with Crippen molar-refractivity contribution in [2.45, 2.75) is 40.5 Å². The number of nitrogens with two attached hydrogens (primary N) is 1. The second kappa shape index (κ2) is 5.39. The molecule has 19 heavy (non-hydrogen) atoms. The molecular weight excluding hydrogens is 234 g/mol. The number of anilines is 1. The largest absolute Gasteiger partial charge is 0.383 e. The fraction of sp³-hybridized carbons (Fsp3) is 0.375. The van der Waals surface area contributed by atoms with Gasteiger partial charge >= 0.3 is 0 Å². The van der Waals surface area contributed by atoms with Crippen LogP contribution < -0.4 is 5.73 Å². The van der Waals surface area contributed by atoms with Crippen molar-refractivity contribution in [3.8, 4) is 11.3 Å². The van der Waals surface area contributed by atoms with Crippen molar-refractivity contribution in [3.05, 3.63) is 40.7 Å². The Kier molecular flexibility index (Phi) is 3.84. The molecule has 0 radical (unpaired) electrons. The summed E-state index contributed by atoms with van der Waals surface area (Å²) in [5.41, 5.74) is 11.5. The van der Waals surface area contributed by atoms with Crippen LogP contribution in [0.3, 0.4) is 0 Å². The monoisotopic (exact) mass is 255 g/mol. The number of benzene rings is 1. The van der Waals surface area contributed by atoms with Gasteiger partial charge in [-0.3, -0.25) is 0 Å². The van der Waals surface area contributed by atoms with Crippen molar-refractivity contribution in [2.24, 2.45) is 0 Å². The summed E-state index contributed by atoms with van der Waals surface area (Å²) in [4.78, 5) is 9.04. The molecule has 0 saturated carbocycles. The molecule has 0 saturated heterocycles. The van der Waals surface area contributed by atoms with E-state index in [0.29, 0.717) is 5.82 Å². The first-order chi connectivity index (χ1) is 9.01. The average molecular weight is 255 g/mol. The van der Waals surface area contributed by atoms with Crippen LogP contribution in [0.2, 0.25) is 0 Å². The molecule has 0 unspecified atom stereocenters. The van der Waals surface area contributed by atoms with Crippen LogP contribution in [0.25, 0.3) is 11.3 Å². The van der Waals surface area contributed by atoms with Gasteiger partial charge in [0.15, 0.2) is 0 Å². The molecule has 0 fully saturated rings. The summed E-state index contributed by atoms with van der Waals surface area (Å²) in [5.74, 6) is 1.42. The molecule has 100 valence electrons. The van der Waals surface area contributed by atoms with Crippen LogP contribution in [-0.2, 0) is 6.42 Å². The Morgan fingerprint density at radius 3 is 2.21 bits per heavy atom. The Hall–Kier alpha value is -1.90. The predicted molar refractivity (Wildman–Crippen MR) is 80.1 cm³/mol. The highest BCUT2D eigenvalue weighted by Gasteiger charge is 2.11. The van der Waals surface area contributed by atoms with E-state index in [0.717, 1.165) is 35.5 Å². The van der Waals surface area contributed by atoms with Gasteiger partial charge < -0.3 is 5.73 Å². The normalized spacial score (nSPS) is 10.7. The molecule has 0 aliphatic carbocycles. The Bertz CT molecular complexity index is 583. The van der Waals surface area contributed by atoms with E-state index in [1.807, 2.05) is 6.92 Å². The molecule has 0 spiro atoms. The molecule has 1 heterocycles. The fourth-order valence-electron chi connectivity index (χ4n) is 2.31. The van der Waals surface area contributed by atoms with Gasteiger partial charge in [-0.2, -0.15) is 0 Å². The van der Waals surface area contributed by atoms with E-state index in [-0.39, 0.29) is 0 Å². The fourth-order valence-corrected chi connectivity index (χ4v) is 2.31. The van der Waals surface area contributed by atoms with Crippen LogP contribution in [0, 0.1) is 20.8 Å².